The highest BCUT2D eigenvalue weighted by Crippen LogP contribution is 2.36. The van der Waals surface area contributed by atoms with E-state index in [0.717, 1.165) is 0 Å². The van der Waals surface area contributed by atoms with E-state index in [9.17, 15) is 0 Å². The molecule has 0 fully saturated rings. The number of aromatic nitrogens is 4. The molecule has 0 aliphatic rings. The van der Waals surface area contributed by atoms with Crippen molar-refractivity contribution in [1.82, 2.24) is 19.9 Å². The maximum absolute atomic E-state index is 9.02. The number of rotatable bonds is 6. The van der Waals surface area contributed by atoms with Crippen LogP contribution in [0.1, 0.15) is 0 Å². The molecule has 0 aliphatic carbocycles. The molecule has 0 unspecified atom stereocenters. The van der Waals surface area contributed by atoms with E-state index in [1.54, 1.807) is 48.5 Å². The lowest BCUT2D eigenvalue weighted by Gasteiger charge is -2.12. The number of fused-ring (bicyclic) bond motifs is 1. The van der Waals surface area contributed by atoms with Gasteiger partial charge in [0.25, 0.3) is 0 Å². The molecule has 0 saturated heterocycles. The largest absolute Gasteiger partial charge is 0.427 e. The average molecular weight is 459 g/mol. The molecule has 0 radical (unpaired) electrons. The van der Waals surface area contributed by atoms with Gasteiger partial charge >= 0.3 is 17.2 Å². The van der Waals surface area contributed by atoms with E-state index in [2.05, 4.69) is 19.9 Å². The molecule has 2 aromatic heterocycles. The van der Waals surface area contributed by atoms with Gasteiger partial charge in [0.2, 0.25) is 0 Å². The second-order valence-corrected chi connectivity index (χ2v) is 7.46. The minimum Gasteiger partial charge on any atom is -0.427 e. The molecule has 0 bridgehead atoms. The Morgan fingerprint density at radius 2 is 1.16 bits per heavy atom. The van der Waals surface area contributed by atoms with Crippen LogP contribution in [0.3, 0.4) is 0 Å². The van der Waals surface area contributed by atoms with E-state index >= 15 is 0 Å². The number of nitrogens with two attached hydrogens (primary N) is 1. The first kappa shape index (κ1) is 21.2. The summed E-state index contributed by atoms with van der Waals surface area (Å²) in [5.41, 5.74) is 8.90. The van der Waals surface area contributed by atoms with Crippen molar-refractivity contribution in [2.75, 3.05) is 5.73 Å². The van der Waals surface area contributed by atoms with Crippen LogP contribution in [-0.2, 0) is 0 Å². The van der Waals surface area contributed by atoms with Gasteiger partial charge in [-0.3, -0.25) is 0 Å². The Bertz CT molecular complexity index is 1210. The minimum atomic E-state index is -2.53. The molecule has 4 aromatic rings. The lowest BCUT2D eigenvalue weighted by Crippen LogP contribution is -2.01. The van der Waals surface area contributed by atoms with E-state index in [0.29, 0.717) is 33.7 Å². The second kappa shape index (κ2) is 8.99. The molecule has 0 spiro atoms. The van der Waals surface area contributed by atoms with Crippen molar-refractivity contribution in [3.05, 3.63) is 54.9 Å². The van der Waals surface area contributed by atoms with E-state index in [-0.39, 0.29) is 17.3 Å². The summed E-state index contributed by atoms with van der Waals surface area (Å²) < 4.78 is 9.80. The van der Waals surface area contributed by atoms with Gasteiger partial charge in [-0.15, -0.1) is 0 Å². The van der Waals surface area contributed by atoms with Crippen molar-refractivity contribution in [2.45, 2.75) is 0 Å². The van der Waals surface area contributed by atoms with Gasteiger partial charge in [-0.25, -0.2) is 19.9 Å². The van der Waals surface area contributed by atoms with Crippen LogP contribution in [0.15, 0.2) is 54.9 Å². The maximum Gasteiger partial charge on any atom is 0.391 e. The number of hydrogen-bond acceptors (Lipinski definition) is 11. The van der Waals surface area contributed by atoms with Gasteiger partial charge in [-0.05, 0) is 48.5 Å². The Labute approximate surface area is 177 Å². The monoisotopic (exact) mass is 459 g/mol. The highest BCUT2D eigenvalue weighted by molar-refractivity contribution is 7.40. The quantitative estimate of drug-likeness (QED) is 0.268. The average Bonchev–Trinajstić information content (AvgIpc) is 2.74. The normalized spacial score (nSPS) is 11.3. The Balaban J connectivity index is 1.83. The zero-order chi connectivity index (χ0) is 22.0. The third-order valence-electron chi connectivity index (χ3n) is 4.13. The van der Waals surface area contributed by atoms with Crippen LogP contribution in [0.4, 0.5) is 5.82 Å². The summed E-state index contributed by atoms with van der Waals surface area (Å²) in [4.78, 5) is 53.4. The van der Waals surface area contributed by atoms with E-state index in [4.69, 9.17) is 34.4 Å². The Morgan fingerprint density at radius 3 is 1.65 bits per heavy atom. The molecule has 11 nitrogen and oxygen atoms in total. The summed E-state index contributed by atoms with van der Waals surface area (Å²) in [6.45, 7) is 0. The van der Waals surface area contributed by atoms with Gasteiger partial charge in [0, 0.05) is 11.1 Å². The lowest BCUT2D eigenvalue weighted by molar-refractivity contribution is 0.373. The smallest absolute Gasteiger partial charge is 0.391 e. The van der Waals surface area contributed by atoms with Crippen molar-refractivity contribution < 1.29 is 28.6 Å². The first-order valence-corrected chi connectivity index (χ1v) is 10.9. The molecule has 0 atom stereocenters. The molecule has 0 amide bonds. The molecule has 0 aliphatic heterocycles. The van der Waals surface area contributed by atoms with Gasteiger partial charge in [0.05, 0.1) is 11.4 Å². The molecular formula is C18H15N5O6P2. The summed E-state index contributed by atoms with van der Waals surface area (Å²) in [5.74, 6) is 0.746. The van der Waals surface area contributed by atoms with E-state index in [1.807, 2.05) is 0 Å². The summed E-state index contributed by atoms with van der Waals surface area (Å²) >= 11 is 0. The predicted octanol–water partition coefficient (Wildman–Crippen LogP) is 2.52. The summed E-state index contributed by atoms with van der Waals surface area (Å²) in [6, 6.07) is 13.1. The predicted molar refractivity (Wildman–Crippen MR) is 114 cm³/mol. The van der Waals surface area contributed by atoms with E-state index in [1.165, 1.54) is 6.33 Å². The summed E-state index contributed by atoms with van der Waals surface area (Å²) in [6.07, 6.45) is 1.30. The van der Waals surface area contributed by atoms with Crippen LogP contribution in [0.2, 0.25) is 0 Å². The van der Waals surface area contributed by atoms with Crippen molar-refractivity contribution in [3.63, 3.8) is 0 Å². The van der Waals surface area contributed by atoms with Crippen molar-refractivity contribution in [2.24, 2.45) is 0 Å². The number of anilines is 1. The van der Waals surface area contributed by atoms with Gasteiger partial charge in [-0.1, -0.05) is 0 Å². The number of nitrogens with zero attached hydrogens (tertiary/aromatic N) is 4. The lowest BCUT2D eigenvalue weighted by atomic mass is 10.0. The zero-order valence-corrected chi connectivity index (χ0v) is 17.4. The SMILES string of the molecule is Nc1ncnc2nc(-c3ccc(OP(O)O)cc3)c(-c3ccc(OP(O)O)cc3)nc12. The molecule has 158 valence electrons. The Hall–Kier alpha value is -3.04. The van der Waals surface area contributed by atoms with Crippen LogP contribution in [0.5, 0.6) is 11.5 Å². The van der Waals surface area contributed by atoms with E-state index < -0.39 is 17.2 Å². The molecule has 2 aromatic carbocycles. The van der Waals surface area contributed by atoms with Crippen LogP contribution in [0, 0.1) is 0 Å². The molecule has 2 heterocycles. The molecule has 13 heteroatoms. The van der Waals surface area contributed by atoms with Crippen LogP contribution < -0.4 is 14.8 Å². The molecule has 31 heavy (non-hydrogen) atoms. The highest BCUT2D eigenvalue weighted by Gasteiger charge is 2.16. The fourth-order valence-corrected chi connectivity index (χ4v) is 3.45. The third-order valence-corrected chi connectivity index (χ3v) is 4.87. The second-order valence-electron chi connectivity index (χ2n) is 6.09. The Morgan fingerprint density at radius 1 is 0.677 bits per heavy atom. The summed E-state index contributed by atoms with van der Waals surface area (Å²) in [5, 5.41) is 0. The molecular weight excluding hydrogens is 444 g/mol. The maximum atomic E-state index is 9.02. The fourth-order valence-electron chi connectivity index (χ4n) is 2.83. The van der Waals surface area contributed by atoms with Crippen molar-refractivity contribution >= 4 is 34.2 Å². The first-order valence-electron chi connectivity index (χ1n) is 8.61. The first-order chi connectivity index (χ1) is 14.9. The van der Waals surface area contributed by atoms with Gasteiger partial charge < -0.3 is 34.4 Å². The van der Waals surface area contributed by atoms with Crippen LogP contribution in [0.25, 0.3) is 33.7 Å². The zero-order valence-electron chi connectivity index (χ0n) is 15.6. The number of benzene rings is 2. The highest BCUT2D eigenvalue weighted by atomic mass is 31.2. The minimum absolute atomic E-state index is 0.180. The molecule has 4 rings (SSSR count). The topological polar surface area (TPSA) is 177 Å². The van der Waals surface area contributed by atoms with Crippen molar-refractivity contribution in [1.29, 1.82) is 0 Å². The van der Waals surface area contributed by atoms with Gasteiger partial charge in [0.15, 0.2) is 17.0 Å². The fraction of sp³-hybridized carbons (Fsp3) is 0. The summed E-state index contributed by atoms with van der Waals surface area (Å²) in [7, 11) is -5.05. The molecule has 0 saturated carbocycles. The number of hydrogen-bond donors (Lipinski definition) is 5. The standard InChI is InChI=1S/C18H15N5O6P2/c19-17-16-18(21-9-20-17)23-15(11-3-7-13(8-4-11)29-31(26)27)14(22-16)10-1-5-12(6-2-10)28-30(24)25/h1-9,24-27H,(H2,19,20,21,23). The molecule has 6 N–H and O–H groups in total. The third kappa shape index (κ3) is 4.83. The van der Waals surface area contributed by atoms with Crippen LogP contribution >= 0.6 is 17.2 Å². The van der Waals surface area contributed by atoms with Crippen LogP contribution in [-0.4, -0.2) is 39.5 Å². The number of nitrogen functional groups attached to an aromatic ring is 1. The van der Waals surface area contributed by atoms with Gasteiger partial charge in [0.1, 0.15) is 17.8 Å². The Kier molecular flexibility index (Phi) is 6.15. The van der Waals surface area contributed by atoms with Crippen molar-refractivity contribution in [3.8, 4) is 34.0 Å². The van der Waals surface area contributed by atoms with Gasteiger partial charge in [-0.2, -0.15) is 0 Å².